The van der Waals surface area contributed by atoms with Gasteiger partial charge < -0.3 is 14.8 Å². The van der Waals surface area contributed by atoms with E-state index in [4.69, 9.17) is 0 Å². The Morgan fingerprint density at radius 1 is 1.04 bits per heavy atom. The molecule has 1 aromatic rings. The molecule has 25 heavy (non-hydrogen) atoms. The molecule has 6 nitrogen and oxygen atoms in total. The molecule has 6 heteroatoms. The molecule has 4 rings (SSSR count). The summed E-state index contributed by atoms with van der Waals surface area (Å²) in [5, 5.41) is 12.4. The van der Waals surface area contributed by atoms with Crippen molar-refractivity contribution in [3.8, 4) is 0 Å². The van der Waals surface area contributed by atoms with Crippen molar-refractivity contribution in [1.29, 1.82) is 0 Å². The molecule has 2 fully saturated rings. The maximum atomic E-state index is 4.55. The van der Waals surface area contributed by atoms with Crippen LogP contribution in [-0.4, -0.2) is 45.8 Å². The molecule has 0 unspecified atom stereocenters. The minimum atomic E-state index is 0.557. The number of aromatic nitrogens is 3. The predicted octanol–water partition coefficient (Wildman–Crippen LogP) is 2.74. The lowest BCUT2D eigenvalue weighted by molar-refractivity contribution is 0.203. The van der Waals surface area contributed by atoms with Crippen molar-refractivity contribution in [3.63, 3.8) is 0 Å². The topological polar surface area (TPSA) is 58.3 Å². The zero-order valence-corrected chi connectivity index (χ0v) is 15.6. The van der Waals surface area contributed by atoms with Crippen LogP contribution in [0.2, 0.25) is 0 Å². The van der Waals surface area contributed by atoms with Crippen LogP contribution in [0.5, 0.6) is 0 Å². The molecular weight excluding hydrogens is 312 g/mol. The van der Waals surface area contributed by atoms with Gasteiger partial charge in [0.05, 0.1) is 6.54 Å². The first-order valence-electron chi connectivity index (χ1n) is 10.2. The summed E-state index contributed by atoms with van der Waals surface area (Å²) in [5.41, 5.74) is 0.557. The van der Waals surface area contributed by atoms with Gasteiger partial charge >= 0.3 is 0 Å². The van der Waals surface area contributed by atoms with Gasteiger partial charge in [-0.05, 0) is 37.5 Å². The summed E-state index contributed by atoms with van der Waals surface area (Å²) in [6, 6.07) is 0. The number of aliphatic imine (C=N–C) groups is 1. The third-order valence-corrected chi connectivity index (χ3v) is 6.45. The van der Waals surface area contributed by atoms with Gasteiger partial charge in [0.25, 0.3) is 0 Å². The molecule has 1 aliphatic carbocycles. The van der Waals surface area contributed by atoms with E-state index in [1.807, 2.05) is 7.05 Å². The lowest BCUT2D eigenvalue weighted by atomic mass is 9.73. The van der Waals surface area contributed by atoms with Crippen LogP contribution in [0.3, 0.4) is 0 Å². The van der Waals surface area contributed by atoms with Gasteiger partial charge in [-0.15, -0.1) is 10.2 Å². The van der Waals surface area contributed by atoms with E-state index < -0.39 is 0 Å². The third kappa shape index (κ3) is 3.53. The fourth-order valence-electron chi connectivity index (χ4n) is 4.99. The van der Waals surface area contributed by atoms with Gasteiger partial charge in [-0.1, -0.05) is 25.7 Å². The van der Waals surface area contributed by atoms with Crippen LogP contribution in [-0.2, 0) is 19.5 Å². The summed E-state index contributed by atoms with van der Waals surface area (Å²) in [5.74, 6) is 3.25. The normalized spacial score (nSPS) is 23.6. The molecule has 138 valence electrons. The fraction of sp³-hybridized carbons (Fsp3) is 0.842. The minimum Gasteiger partial charge on any atom is -0.349 e. The van der Waals surface area contributed by atoms with Gasteiger partial charge in [0, 0.05) is 33.1 Å². The van der Waals surface area contributed by atoms with Crippen LogP contribution in [0.15, 0.2) is 4.99 Å². The zero-order valence-electron chi connectivity index (χ0n) is 15.6. The highest BCUT2D eigenvalue weighted by atomic mass is 15.3. The summed E-state index contributed by atoms with van der Waals surface area (Å²) in [4.78, 5) is 7.02. The summed E-state index contributed by atoms with van der Waals surface area (Å²) < 4.78 is 2.32. The van der Waals surface area contributed by atoms with Crippen LogP contribution in [0.25, 0.3) is 0 Å². The highest BCUT2D eigenvalue weighted by molar-refractivity contribution is 5.80. The number of aryl methyl sites for hydroxylation is 1. The minimum absolute atomic E-state index is 0.557. The molecule has 0 amide bonds. The number of hydrogen-bond acceptors (Lipinski definition) is 3. The van der Waals surface area contributed by atoms with E-state index in [9.17, 15) is 0 Å². The van der Waals surface area contributed by atoms with E-state index in [1.165, 1.54) is 64.3 Å². The molecule has 1 N–H and O–H groups in total. The molecule has 3 heterocycles. The van der Waals surface area contributed by atoms with Crippen LogP contribution < -0.4 is 5.32 Å². The Kier molecular flexibility index (Phi) is 4.95. The van der Waals surface area contributed by atoms with E-state index in [1.54, 1.807) is 0 Å². The smallest absolute Gasteiger partial charge is 0.194 e. The Morgan fingerprint density at radius 3 is 2.72 bits per heavy atom. The van der Waals surface area contributed by atoms with Gasteiger partial charge in [0.2, 0.25) is 0 Å². The number of nitrogens with zero attached hydrogens (tertiary/aromatic N) is 5. The summed E-state index contributed by atoms with van der Waals surface area (Å²) in [6.45, 7) is 4.09. The number of likely N-dealkylation sites (tertiary alicyclic amines) is 1. The second-order valence-corrected chi connectivity index (χ2v) is 8.13. The van der Waals surface area contributed by atoms with Crippen molar-refractivity contribution >= 4 is 5.96 Å². The molecule has 0 bridgehead atoms. The SMILES string of the molecule is CN=C(NCc1nnc2n1CCCCC2)N1CCC2(CCCCC2)C1. The van der Waals surface area contributed by atoms with Gasteiger partial charge in [-0.25, -0.2) is 0 Å². The lowest BCUT2D eigenvalue weighted by Gasteiger charge is -2.33. The van der Waals surface area contributed by atoms with Crippen molar-refractivity contribution in [2.75, 3.05) is 20.1 Å². The first-order chi connectivity index (χ1) is 12.3. The second kappa shape index (κ2) is 7.34. The predicted molar refractivity (Wildman–Crippen MR) is 99.5 cm³/mol. The molecule has 3 aliphatic rings. The standard InChI is InChI=1S/C19H32N6/c1-20-18(24-13-11-19(15-24)9-5-3-6-10-19)21-14-17-23-22-16-8-4-2-7-12-25(16)17/h2-15H2,1H3,(H,20,21). The first-order valence-corrected chi connectivity index (χ1v) is 10.2. The molecule has 0 atom stereocenters. The molecule has 2 aliphatic heterocycles. The van der Waals surface area contributed by atoms with Gasteiger partial charge in [-0.2, -0.15) is 0 Å². The maximum absolute atomic E-state index is 4.55. The van der Waals surface area contributed by atoms with E-state index in [2.05, 4.69) is 30.0 Å². The molecular formula is C19H32N6. The fourth-order valence-corrected chi connectivity index (χ4v) is 4.99. The van der Waals surface area contributed by atoms with E-state index in [-0.39, 0.29) is 0 Å². The number of hydrogen-bond donors (Lipinski definition) is 1. The highest BCUT2D eigenvalue weighted by Crippen LogP contribution is 2.43. The molecule has 0 aromatic carbocycles. The second-order valence-electron chi connectivity index (χ2n) is 8.13. The Balaban J connectivity index is 1.38. The monoisotopic (exact) mass is 344 g/mol. The molecule has 1 aromatic heterocycles. The van der Waals surface area contributed by atoms with Crippen LogP contribution in [0, 0.1) is 5.41 Å². The average Bonchev–Trinajstić information content (AvgIpc) is 3.13. The summed E-state index contributed by atoms with van der Waals surface area (Å²) in [6.07, 6.45) is 13.2. The average molecular weight is 345 g/mol. The molecule has 1 saturated heterocycles. The number of nitrogens with one attached hydrogen (secondary N) is 1. The number of guanidine groups is 1. The van der Waals surface area contributed by atoms with Gasteiger partial charge in [0.1, 0.15) is 5.82 Å². The van der Waals surface area contributed by atoms with Crippen molar-refractivity contribution in [3.05, 3.63) is 11.6 Å². The van der Waals surface area contributed by atoms with Crippen molar-refractivity contribution < 1.29 is 0 Å². The molecule has 1 spiro atoms. The number of fused-ring (bicyclic) bond motifs is 1. The third-order valence-electron chi connectivity index (χ3n) is 6.45. The Morgan fingerprint density at radius 2 is 1.88 bits per heavy atom. The van der Waals surface area contributed by atoms with Gasteiger partial charge in [0.15, 0.2) is 11.8 Å². The maximum Gasteiger partial charge on any atom is 0.194 e. The van der Waals surface area contributed by atoms with Gasteiger partial charge in [-0.3, -0.25) is 4.99 Å². The summed E-state index contributed by atoms with van der Waals surface area (Å²) in [7, 11) is 1.90. The van der Waals surface area contributed by atoms with E-state index in [0.717, 1.165) is 43.7 Å². The highest BCUT2D eigenvalue weighted by Gasteiger charge is 2.39. The Hall–Kier alpha value is -1.59. The van der Waals surface area contributed by atoms with Crippen molar-refractivity contribution in [2.45, 2.75) is 77.3 Å². The first kappa shape index (κ1) is 16.9. The van der Waals surface area contributed by atoms with Crippen molar-refractivity contribution in [1.82, 2.24) is 25.0 Å². The molecule has 1 saturated carbocycles. The lowest BCUT2D eigenvalue weighted by Crippen LogP contribution is -2.41. The Bertz CT molecular complexity index is 613. The zero-order chi connectivity index (χ0) is 17.1. The van der Waals surface area contributed by atoms with Crippen LogP contribution >= 0.6 is 0 Å². The largest absolute Gasteiger partial charge is 0.349 e. The van der Waals surface area contributed by atoms with Crippen LogP contribution in [0.1, 0.15) is 69.4 Å². The van der Waals surface area contributed by atoms with E-state index >= 15 is 0 Å². The number of rotatable bonds is 2. The van der Waals surface area contributed by atoms with E-state index in [0.29, 0.717) is 5.41 Å². The Labute approximate surface area is 151 Å². The summed E-state index contributed by atoms with van der Waals surface area (Å²) >= 11 is 0. The van der Waals surface area contributed by atoms with Crippen molar-refractivity contribution in [2.24, 2.45) is 10.4 Å². The molecule has 0 radical (unpaired) electrons. The quantitative estimate of drug-likeness (QED) is 0.662. The van der Waals surface area contributed by atoms with Crippen LogP contribution in [0.4, 0.5) is 0 Å².